The summed E-state index contributed by atoms with van der Waals surface area (Å²) in [5.41, 5.74) is 9.80. The van der Waals surface area contributed by atoms with Crippen molar-refractivity contribution in [3.8, 4) is 5.75 Å². The molecular formula is C28H25FN6O2S. The summed E-state index contributed by atoms with van der Waals surface area (Å²) in [4.78, 5) is 17.3. The number of nitrogens with one attached hydrogen (secondary N) is 2. The maximum Gasteiger partial charge on any atom is 0.255 e. The Bertz CT molecular complexity index is 1570. The Hall–Kier alpha value is -4.57. The van der Waals surface area contributed by atoms with Crippen LogP contribution in [0.3, 0.4) is 0 Å². The van der Waals surface area contributed by atoms with Gasteiger partial charge in [-0.25, -0.2) is 13.9 Å². The highest BCUT2D eigenvalue weighted by Gasteiger charge is 2.11. The van der Waals surface area contributed by atoms with Crippen molar-refractivity contribution in [2.45, 2.75) is 17.5 Å². The summed E-state index contributed by atoms with van der Waals surface area (Å²) in [6, 6.07) is 22.9. The Morgan fingerprint density at radius 2 is 1.82 bits per heavy atom. The van der Waals surface area contributed by atoms with E-state index in [1.807, 2.05) is 54.7 Å². The van der Waals surface area contributed by atoms with Crippen LogP contribution in [0.4, 0.5) is 21.6 Å². The summed E-state index contributed by atoms with van der Waals surface area (Å²) in [5.74, 6) is 1.40. The number of amides is 1. The first kappa shape index (κ1) is 25.1. The molecule has 1 amide bonds. The molecule has 0 aliphatic rings. The molecule has 4 N–H and O–H groups in total. The smallest absolute Gasteiger partial charge is 0.255 e. The first-order valence-corrected chi connectivity index (χ1v) is 12.8. The van der Waals surface area contributed by atoms with Crippen molar-refractivity contribution in [1.29, 1.82) is 0 Å². The van der Waals surface area contributed by atoms with E-state index in [1.165, 1.54) is 30.0 Å². The molecule has 10 heteroatoms. The van der Waals surface area contributed by atoms with Gasteiger partial charge in [-0.2, -0.15) is 0 Å². The quantitative estimate of drug-likeness (QED) is 0.168. The lowest BCUT2D eigenvalue weighted by molar-refractivity contribution is 0.102. The number of ether oxygens (including phenoxy) is 1. The summed E-state index contributed by atoms with van der Waals surface area (Å²) < 4.78 is 20.3. The number of anilines is 3. The van der Waals surface area contributed by atoms with E-state index in [0.717, 1.165) is 28.2 Å². The van der Waals surface area contributed by atoms with Crippen LogP contribution in [0, 0.1) is 5.82 Å². The van der Waals surface area contributed by atoms with E-state index in [2.05, 4.69) is 15.7 Å². The van der Waals surface area contributed by atoms with Crippen molar-refractivity contribution in [3.63, 3.8) is 0 Å². The molecule has 0 fully saturated rings. The van der Waals surface area contributed by atoms with Crippen molar-refractivity contribution < 1.29 is 13.9 Å². The third-order valence-electron chi connectivity index (χ3n) is 5.84. The topological polar surface area (TPSA) is 107 Å². The summed E-state index contributed by atoms with van der Waals surface area (Å²) in [6.07, 6.45) is 1.89. The fraction of sp³-hybridized carbons (Fsp3) is 0.107. The second-order valence-electron chi connectivity index (χ2n) is 8.45. The van der Waals surface area contributed by atoms with Crippen molar-refractivity contribution in [3.05, 3.63) is 108 Å². The van der Waals surface area contributed by atoms with Crippen molar-refractivity contribution in [2.75, 3.05) is 23.5 Å². The average Bonchev–Trinajstić information content (AvgIpc) is 3.41. The van der Waals surface area contributed by atoms with E-state index in [4.69, 9.17) is 15.5 Å². The molecule has 0 radical (unpaired) electrons. The normalized spacial score (nSPS) is 10.9. The third-order valence-corrected chi connectivity index (χ3v) is 6.75. The largest absolute Gasteiger partial charge is 0.497 e. The molecule has 192 valence electrons. The molecule has 2 aromatic heterocycles. The minimum Gasteiger partial charge on any atom is -0.497 e. The number of carbonyl (C=O) groups is 1. The fourth-order valence-corrected chi connectivity index (χ4v) is 4.57. The molecule has 5 aromatic rings. The number of methoxy groups -OCH3 is 1. The molecule has 3 aromatic carbocycles. The minimum atomic E-state index is -0.456. The molecule has 2 heterocycles. The van der Waals surface area contributed by atoms with Gasteiger partial charge in [0.05, 0.1) is 18.5 Å². The first-order valence-electron chi connectivity index (χ1n) is 11.8. The van der Waals surface area contributed by atoms with Gasteiger partial charge in [0.25, 0.3) is 5.91 Å². The predicted molar refractivity (Wildman–Crippen MR) is 148 cm³/mol. The molecule has 5 rings (SSSR count). The van der Waals surface area contributed by atoms with Crippen molar-refractivity contribution >= 4 is 40.4 Å². The van der Waals surface area contributed by atoms with E-state index in [9.17, 15) is 9.18 Å². The van der Waals surface area contributed by atoms with Gasteiger partial charge in [-0.15, -0.1) is 5.10 Å². The number of fused-ring (bicyclic) bond motifs is 1. The van der Waals surface area contributed by atoms with Crippen LogP contribution < -0.4 is 21.1 Å². The number of thioether (sulfide) groups is 1. The Kier molecular flexibility index (Phi) is 7.41. The van der Waals surface area contributed by atoms with Gasteiger partial charge in [0.1, 0.15) is 17.1 Å². The molecule has 0 aliphatic carbocycles. The molecule has 0 unspecified atom stereocenters. The standard InChI is InChI=1S/C28H25FN6O2S/c1-37-22-11-6-18(7-12-22)16-31-26-25-3-2-14-35(25)34-28(33-26)38-17-19-4-8-20(9-5-19)27(36)32-24-13-10-21(29)15-23(24)30/h2-15H,16-17,30H2,1H3,(H,32,36)(H,31,33,34). The second-order valence-corrected chi connectivity index (χ2v) is 9.40. The van der Waals surface area contributed by atoms with Crippen LogP contribution in [-0.2, 0) is 12.3 Å². The first-order chi connectivity index (χ1) is 18.5. The van der Waals surface area contributed by atoms with Gasteiger partial charge in [-0.05, 0) is 65.7 Å². The molecule has 0 saturated carbocycles. The monoisotopic (exact) mass is 528 g/mol. The van der Waals surface area contributed by atoms with Gasteiger partial charge in [0, 0.05) is 24.1 Å². The molecule has 0 saturated heterocycles. The highest BCUT2D eigenvalue weighted by Crippen LogP contribution is 2.25. The number of rotatable bonds is 9. The summed E-state index contributed by atoms with van der Waals surface area (Å²) in [7, 11) is 1.65. The maximum absolute atomic E-state index is 13.3. The van der Waals surface area contributed by atoms with E-state index in [-0.39, 0.29) is 11.6 Å². The molecule has 0 spiro atoms. The lowest BCUT2D eigenvalue weighted by atomic mass is 10.1. The van der Waals surface area contributed by atoms with Crippen LogP contribution in [0.1, 0.15) is 21.5 Å². The molecule has 38 heavy (non-hydrogen) atoms. The SMILES string of the molecule is COc1ccc(CNc2nc(SCc3ccc(C(=O)Nc4ccc(F)cc4N)cc3)nn3cccc23)cc1. The van der Waals surface area contributed by atoms with Gasteiger partial charge in [-0.3, -0.25) is 4.79 Å². The van der Waals surface area contributed by atoms with Gasteiger partial charge in [0.15, 0.2) is 5.82 Å². The van der Waals surface area contributed by atoms with Crippen LogP contribution in [0.25, 0.3) is 5.52 Å². The fourth-order valence-electron chi connectivity index (χ4n) is 3.78. The summed E-state index contributed by atoms with van der Waals surface area (Å²) in [6.45, 7) is 0.610. The second kappa shape index (κ2) is 11.2. The number of nitrogens with two attached hydrogens (primary N) is 1. The lowest BCUT2D eigenvalue weighted by Crippen LogP contribution is -2.13. The Balaban J connectivity index is 1.23. The van der Waals surface area contributed by atoms with Crippen LogP contribution >= 0.6 is 11.8 Å². The Morgan fingerprint density at radius 1 is 1.05 bits per heavy atom. The molecule has 8 nitrogen and oxygen atoms in total. The summed E-state index contributed by atoms with van der Waals surface area (Å²) >= 11 is 1.50. The minimum absolute atomic E-state index is 0.170. The van der Waals surface area contributed by atoms with Crippen molar-refractivity contribution in [2.24, 2.45) is 0 Å². The zero-order valence-electron chi connectivity index (χ0n) is 20.5. The number of hydrogen-bond acceptors (Lipinski definition) is 7. The van der Waals surface area contributed by atoms with Crippen LogP contribution in [-0.4, -0.2) is 27.6 Å². The molecular weight excluding hydrogens is 503 g/mol. The molecule has 0 bridgehead atoms. The van der Waals surface area contributed by atoms with Crippen molar-refractivity contribution in [1.82, 2.24) is 14.6 Å². The zero-order valence-corrected chi connectivity index (χ0v) is 21.3. The zero-order chi connectivity index (χ0) is 26.5. The van der Waals surface area contributed by atoms with E-state index >= 15 is 0 Å². The van der Waals surface area contributed by atoms with E-state index in [0.29, 0.717) is 28.7 Å². The van der Waals surface area contributed by atoms with Gasteiger partial charge < -0.3 is 21.1 Å². The van der Waals surface area contributed by atoms with Gasteiger partial charge in [0.2, 0.25) is 5.16 Å². The number of aromatic nitrogens is 3. The van der Waals surface area contributed by atoms with Crippen LogP contribution in [0.5, 0.6) is 5.75 Å². The summed E-state index contributed by atoms with van der Waals surface area (Å²) in [5, 5.41) is 11.4. The number of benzene rings is 3. The molecule has 0 atom stereocenters. The maximum atomic E-state index is 13.3. The van der Waals surface area contributed by atoms with E-state index in [1.54, 1.807) is 23.8 Å². The average molecular weight is 529 g/mol. The third kappa shape index (κ3) is 5.87. The number of hydrogen-bond donors (Lipinski definition) is 3. The number of halogens is 1. The van der Waals surface area contributed by atoms with Gasteiger partial charge in [-0.1, -0.05) is 36.0 Å². The highest BCUT2D eigenvalue weighted by molar-refractivity contribution is 7.98. The van der Waals surface area contributed by atoms with E-state index < -0.39 is 5.82 Å². The van der Waals surface area contributed by atoms with Crippen LogP contribution in [0.2, 0.25) is 0 Å². The predicted octanol–water partition coefficient (Wildman–Crippen LogP) is 5.62. The highest BCUT2D eigenvalue weighted by atomic mass is 32.2. The molecule has 0 aliphatic heterocycles. The number of nitrogens with zero attached hydrogens (tertiary/aromatic N) is 3. The Morgan fingerprint density at radius 3 is 2.55 bits per heavy atom. The van der Waals surface area contributed by atoms with Gasteiger partial charge >= 0.3 is 0 Å². The lowest BCUT2D eigenvalue weighted by Gasteiger charge is -2.10. The number of carbonyl (C=O) groups excluding carboxylic acids is 1. The number of nitrogen functional groups attached to an aromatic ring is 1. The Labute approximate surface area is 223 Å². The van der Waals surface area contributed by atoms with Crippen LogP contribution in [0.15, 0.2) is 90.2 Å².